The quantitative estimate of drug-likeness (QED) is 0.851. The van der Waals surface area contributed by atoms with Gasteiger partial charge in [-0.3, -0.25) is 4.79 Å². The Kier molecular flexibility index (Phi) is 6.80. The Morgan fingerprint density at radius 3 is 2.82 bits per heavy atom. The van der Waals surface area contributed by atoms with Crippen LogP contribution in [0.2, 0.25) is 0 Å². The lowest BCUT2D eigenvalue weighted by molar-refractivity contribution is -0.117. The summed E-state index contributed by atoms with van der Waals surface area (Å²) in [7, 11) is 1.58. The summed E-state index contributed by atoms with van der Waals surface area (Å²) < 4.78 is 10.5. The molecule has 0 spiro atoms. The van der Waals surface area contributed by atoms with Crippen molar-refractivity contribution in [3.05, 3.63) is 24.1 Å². The standard InChI is InChI=1S/C15H21N3O3.ClH/c1-9(2)6-11(16)15(19)17-10-4-5-13-12(7-10)18-14(21-13)8-20-3;/h4-5,7,9,11H,6,8,16H2,1-3H3,(H,17,19);1H/t11-;/m0./s1. The number of carbonyl (C=O) groups is 1. The van der Waals surface area contributed by atoms with E-state index in [9.17, 15) is 4.79 Å². The lowest BCUT2D eigenvalue weighted by Gasteiger charge is -2.14. The predicted octanol–water partition coefficient (Wildman–Crippen LogP) is 2.71. The lowest BCUT2D eigenvalue weighted by atomic mass is 10.0. The number of amides is 1. The Balaban J connectivity index is 0.00000242. The number of anilines is 1. The molecule has 0 saturated carbocycles. The average molecular weight is 328 g/mol. The number of nitrogens with zero attached hydrogens (tertiary/aromatic N) is 1. The molecular formula is C15H22ClN3O3. The molecule has 0 radical (unpaired) electrons. The minimum atomic E-state index is -0.512. The van der Waals surface area contributed by atoms with Crippen molar-refractivity contribution in [2.75, 3.05) is 12.4 Å². The van der Waals surface area contributed by atoms with Gasteiger partial charge in [0.1, 0.15) is 12.1 Å². The van der Waals surface area contributed by atoms with Gasteiger partial charge in [-0.15, -0.1) is 12.4 Å². The minimum Gasteiger partial charge on any atom is -0.438 e. The molecule has 3 N–H and O–H groups in total. The highest BCUT2D eigenvalue weighted by Crippen LogP contribution is 2.20. The zero-order valence-electron chi connectivity index (χ0n) is 13.0. The van der Waals surface area contributed by atoms with Gasteiger partial charge in [-0.1, -0.05) is 13.8 Å². The Hall–Kier alpha value is -1.63. The van der Waals surface area contributed by atoms with E-state index in [2.05, 4.69) is 10.3 Å². The maximum absolute atomic E-state index is 12.0. The molecule has 1 aromatic heterocycles. The number of nitrogens with two attached hydrogens (primary N) is 1. The fourth-order valence-electron chi connectivity index (χ4n) is 2.09. The van der Waals surface area contributed by atoms with E-state index in [1.165, 1.54) is 0 Å². The van der Waals surface area contributed by atoms with Crippen LogP contribution >= 0.6 is 12.4 Å². The highest BCUT2D eigenvalue weighted by Gasteiger charge is 2.15. The Labute approximate surface area is 135 Å². The number of fused-ring (bicyclic) bond motifs is 1. The molecule has 1 atom stereocenters. The summed E-state index contributed by atoms with van der Waals surface area (Å²) >= 11 is 0. The second kappa shape index (κ2) is 8.12. The number of methoxy groups -OCH3 is 1. The van der Waals surface area contributed by atoms with Crippen LogP contribution in [-0.2, 0) is 16.1 Å². The van der Waals surface area contributed by atoms with E-state index in [4.69, 9.17) is 14.9 Å². The first-order chi connectivity index (χ1) is 9.99. The van der Waals surface area contributed by atoms with Gasteiger partial charge in [-0.05, 0) is 30.5 Å². The second-order valence-corrected chi connectivity index (χ2v) is 5.45. The average Bonchev–Trinajstić information content (AvgIpc) is 2.79. The predicted molar refractivity (Wildman–Crippen MR) is 88.0 cm³/mol. The number of carbonyl (C=O) groups excluding carboxylic acids is 1. The van der Waals surface area contributed by atoms with Crippen molar-refractivity contribution in [1.82, 2.24) is 4.98 Å². The smallest absolute Gasteiger partial charge is 0.241 e. The van der Waals surface area contributed by atoms with E-state index >= 15 is 0 Å². The Morgan fingerprint density at radius 1 is 1.45 bits per heavy atom. The topological polar surface area (TPSA) is 90.4 Å². The molecular weight excluding hydrogens is 306 g/mol. The van der Waals surface area contributed by atoms with Gasteiger partial charge in [0.25, 0.3) is 0 Å². The zero-order chi connectivity index (χ0) is 15.4. The summed E-state index contributed by atoms with van der Waals surface area (Å²) in [6.45, 7) is 4.38. The van der Waals surface area contributed by atoms with E-state index < -0.39 is 6.04 Å². The molecule has 22 heavy (non-hydrogen) atoms. The maximum Gasteiger partial charge on any atom is 0.241 e. The van der Waals surface area contributed by atoms with Gasteiger partial charge < -0.3 is 20.2 Å². The number of hydrogen-bond donors (Lipinski definition) is 2. The molecule has 7 heteroatoms. The first-order valence-corrected chi connectivity index (χ1v) is 6.94. The van der Waals surface area contributed by atoms with E-state index in [-0.39, 0.29) is 18.3 Å². The highest BCUT2D eigenvalue weighted by molar-refractivity contribution is 5.96. The second-order valence-electron chi connectivity index (χ2n) is 5.45. The summed E-state index contributed by atoms with van der Waals surface area (Å²) in [6.07, 6.45) is 0.649. The van der Waals surface area contributed by atoms with Gasteiger partial charge in [0.15, 0.2) is 5.58 Å². The summed E-state index contributed by atoms with van der Waals surface area (Å²) in [6, 6.07) is 4.79. The highest BCUT2D eigenvalue weighted by atomic mass is 35.5. The van der Waals surface area contributed by atoms with Crippen LogP contribution in [0.1, 0.15) is 26.2 Å². The molecule has 1 amide bonds. The Morgan fingerprint density at radius 2 is 2.18 bits per heavy atom. The number of halogens is 1. The van der Waals surface area contributed by atoms with Crippen molar-refractivity contribution in [2.45, 2.75) is 32.9 Å². The SMILES string of the molecule is COCc1nc2cc(NC(=O)[C@@H](N)CC(C)C)ccc2o1.Cl. The van der Waals surface area contributed by atoms with Crippen LogP contribution in [0.4, 0.5) is 5.69 Å². The van der Waals surface area contributed by atoms with Crippen LogP contribution in [0.25, 0.3) is 11.1 Å². The number of ether oxygens (including phenoxy) is 1. The number of rotatable bonds is 6. The molecule has 1 aromatic carbocycles. The third-order valence-corrected chi connectivity index (χ3v) is 3.03. The number of aromatic nitrogens is 1. The van der Waals surface area contributed by atoms with Crippen molar-refractivity contribution < 1.29 is 13.9 Å². The van der Waals surface area contributed by atoms with E-state index in [0.29, 0.717) is 41.6 Å². The van der Waals surface area contributed by atoms with E-state index in [1.54, 1.807) is 25.3 Å². The number of benzene rings is 1. The van der Waals surface area contributed by atoms with Crippen LogP contribution in [0.3, 0.4) is 0 Å². The molecule has 0 saturated heterocycles. The van der Waals surface area contributed by atoms with Crippen LogP contribution in [0.5, 0.6) is 0 Å². The molecule has 2 aromatic rings. The molecule has 0 bridgehead atoms. The molecule has 6 nitrogen and oxygen atoms in total. The van der Waals surface area contributed by atoms with Crippen molar-refractivity contribution in [1.29, 1.82) is 0 Å². The van der Waals surface area contributed by atoms with Crippen molar-refractivity contribution in [3.8, 4) is 0 Å². The van der Waals surface area contributed by atoms with Gasteiger partial charge in [0, 0.05) is 12.8 Å². The largest absolute Gasteiger partial charge is 0.438 e. The molecule has 2 rings (SSSR count). The monoisotopic (exact) mass is 327 g/mol. The third kappa shape index (κ3) is 4.69. The van der Waals surface area contributed by atoms with Gasteiger partial charge in [0.05, 0.1) is 6.04 Å². The van der Waals surface area contributed by atoms with E-state index in [0.717, 1.165) is 0 Å². The number of oxazole rings is 1. The molecule has 122 valence electrons. The normalized spacial score (nSPS) is 12.2. The maximum atomic E-state index is 12.0. The van der Waals surface area contributed by atoms with Gasteiger partial charge in [-0.2, -0.15) is 0 Å². The van der Waals surface area contributed by atoms with Crippen LogP contribution < -0.4 is 11.1 Å². The van der Waals surface area contributed by atoms with Gasteiger partial charge in [0.2, 0.25) is 11.8 Å². The first-order valence-electron chi connectivity index (χ1n) is 6.94. The number of nitrogens with one attached hydrogen (secondary N) is 1. The molecule has 0 aliphatic rings. The van der Waals surface area contributed by atoms with Crippen LogP contribution in [0, 0.1) is 5.92 Å². The fourth-order valence-corrected chi connectivity index (χ4v) is 2.09. The zero-order valence-corrected chi connectivity index (χ0v) is 13.8. The van der Waals surface area contributed by atoms with Crippen LogP contribution in [-0.4, -0.2) is 24.0 Å². The summed E-state index contributed by atoms with van der Waals surface area (Å²) in [4.78, 5) is 16.3. The fraction of sp³-hybridized carbons (Fsp3) is 0.467. The summed E-state index contributed by atoms with van der Waals surface area (Å²) in [5, 5.41) is 2.80. The lowest BCUT2D eigenvalue weighted by Crippen LogP contribution is -2.36. The van der Waals surface area contributed by atoms with E-state index in [1.807, 2.05) is 13.8 Å². The van der Waals surface area contributed by atoms with Crippen molar-refractivity contribution >= 4 is 35.1 Å². The van der Waals surface area contributed by atoms with Crippen molar-refractivity contribution in [2.24, 2.45) is 11.7 Å². The number of hydrogen-bond acceptors (Lipinski definition) is 5. The third-order valence-electron chi connectivity index (χ3n) is 3.03. The Bertz CT molecular complexity index is 628. The summed E-state index contributed by atoms with van der Waals surface area (Å²) in [5.74, 6) is 0.691. The molecule has 1 heterocycles. The molecule has 0 aliphatic carbocycles. The van der Waals surface area contributed by atoms with Crippen LogP contribution in [0.15, 0.2) is 22.6 Å². The van der Waals surface area contributed by atoms with Crippen molar-refractivity contribution in [3.63, 3.8) is 0 Å². The minimum absolute atomic E-state index is 0. The summed E-state index contributed by atoms with van der Waals surface area (Å²) in [5.41, 5.74) is 7.85. The molecule has 0 fully saturated rings. The molecule has 0 aliphatic heterocycles. The molecule has 0 unspecified atom stereocenters. The first kappa shape index (κ1) is 18.4. The van der Waals surface area contributed by atoms with Gasteiger partial charge in [-0.25, -0.2) is 4.98 Å². The van der Waals surface area contributed by atoms with Gasteiger partial charge >= 0.3 is 0 Å².